The quantitative estimate of drug-likeness (QED) is 0.581. The van der Waals surface area contributed by atoms with Gasteiger partial charge in [0.1, 0.15) is 6.04 Å². The van der Waals surface area contributed by atoms with Crippen LogP contribution in [0.2, 0.25) is 0 Å². The number of carboxylic acids is 1. The zero-order valence-electron chi connectivity index (χ0n) is 12.4. The fourth-order valence-electron chi connectivity index (χ4n) is 1.65. The SMILES string of the molecule is CCC(C)CN(CC)C(=O)NC(CCC(N)=O)C(=O)O. The average molecular weight is 287 g/mol. The van der Waals surface area contributed by atoms with Gasteiger partial charge in [-0.2, -0.15) is 0 Å². The van der Waals surface area contributed by atoms with Gasteiger partial charge in [0.25, 0.3) is 0 Å². The second-order valence-electron chi connectivity index (χ2n) is 4.90. The summed E-state index contributed by atoms with van der Waals surface area (Å²) in [4.78, 5) is 35.3. The maximum absolute atomic E-state index is 12.0. The molecule has 20 heavy (non-hydrogen) atoms. The number of carboxylic acid groups (broad SMARTS) is 1. The third-order valence-electron chi connectivity index (χ3n) is 3.17. The highest BCUT2D eigenvalue weighted by atomic mass is 16.4. The Morgan fingerprint density at radius 3 is 2.30 bits per heavy atom. The molecule has 2 unspecified atom stereocenters. The van der Waals surface area contributed by atoms with E-state index in [2.05, 4.69) is 5.32 Å². The van der Waals surface area contributed by atoms with Gasteiger partial charge in [-0.3, -0.25) is 4.79 Å². The first-order valence-electron chi connectivity index (χ1n) is 6.88. The second kappa shape index (κ2) is 9.17. The Bertz CT molecular complexity index is 347. The third kappa shape index (κ3) is 6.96. The van der Waals surface area contributed by atoms with Gasteiger partial charge < -0.3 is 21.1 Å². The van der Waals surface area contributed by atoms with Gasteiger partial charge in [0.2, 0.25) is 5.91 Å². The van der Waals surface area contributed by atoms with E-state index < -0.39 is 23.9 Å². The molecule has 0 aromatic heterocycles. The van der Waals surface area contributed by atoms with E-state index in [1.165, 1.54) is 0 Å². The first-order valence-corrected chi connectivity index (χ1v) is 6.88. The fraction of sp³-hybridized carbons (Fsp3) is 0.769. The van der Waals surface area contributed by atoms with Crippen LogP contribution in [0.4, 0.5) is 4.79 Å². The van der Waals surface area contributed by atoms with Crippen molar-refractivity contribution in [3.63, 3.8) is 0 Å². The van der Waals surface area contributed by atoms with Crippen molar-refractivity contribution in [2.75, 3.05) is 13.1 Å². The van der Waals surface area contributed by atoms with Crippen molar-refractivity contribution in [3.8, 4) is 0 Å². The number of aliphatic carboxylic acids is 1. The molecule has 0 aromatic carbocycles. The molecule has 0 heterocycles. The Labute approximate surface area is 119 Å². The van der Waals surface area contributed by atoms with Crippen molar-refractivity contribution in [2.24, 2.45) is 11.7 Å². The molecule has 0 rings (SSSR count). The van der Waals surface area contributed by atoms with E-state index in [4.69, 9.17) is 10.8 Å². The van der Waals surface area contributed by atoms with E-state index >= 15 is 0 Å². The third-order valence-corrected chi connectivity index (χ3v) is 3.17. The first-order chi connectivity index (χ1) is 9.31. The molecule has 0 bridgehead atoms. The minimum atomic E-state index is -1.17. The molecule has 3 amide bonds. The van der Waals surface area contributed by atoms with Crippen LogP contribution in [0.1, 0.15) is 40.0 Å². The van der Waals surface area contributed by atoms with Crippen molar-refractivity contribution in [1.29, 1.82) is 0 Å². The number of nitrogens with zero attached hydrogens (tertiary/aromatic N) is 1. The minimum Gasteiger partial charge on any atom is -0.480 e. The number of urea groups is 1. The Balaban J connectivity index is 4.55. The second-order valence-corrected chi connectivity index (χ2v) is 4.90. The highest BCUT2D eigenvalue weighted by Crippen LogP contribution is 2.05. The van der Waals surface area contributed by atoms with E-state index in [-0.39, 0.29) is 12.8 Å². The summed E-state index contributed by atoms with van der Waals surface area (Å²) in [6, 6.07) is -1.52. The predicted molar refractivity (Wildman–Crippen MR) is 75.1 cm³/mol. The van der Waals surface area contributed by atoms with Gasteiger partial charge in [-0.15, -0.1) is 0 Å². The maximum Gasteiger partial charge on any atom is 0.326 e. The van der Waals surface area contributed by atoms with Gasteiger partial charge in [0, 0.05) is 19.5 Å². The highest BCUT2D eigenvalue weighted by Gasteiger charge is 2.23. The summed E-state index contributed by atoms with van der Waals surface area (Å²) in [5.41, 5.74) is 4.99. The smallest absolute Gasteiger partial charge is 0.326 e. The van der Waals surface area contributed by atoms with Gasteiger partial charge in [-0.25, -0.2) is 9.59 Å². The summed E-state index contributed by atoms with van der Waals surface area (Å²) < 4.78 is 0. The molecule has 0 saturated carbocycles. The van der Waals surface area contributed by atoms with Crippen LogP contribution in [0.15, 0.2) is 0 Å². The van der Waals surface area contributed by atoms with Crippen LogP contribution in [0.5, 0.6) is 0 Å². The summed E-state index contributed by atoms with van der Waals surface area (Å²) in [5, 5.41) is 11.5. The van der Waals surface area contributed by atoms with Crippen LogP contribution in [-0.4, -0.2) is 47.0 Å². The monoisotopic (exact) mass is 287 g/mol. The number of rotatable bonds is 9. The number of carbonyl (C=O) groups excluding carboxylic acids is 2. The lowest BCUT2D eigenvalue weighted by atomic mass is 10.1. The Morgan fingerprint density at radius 2 is 1.90 bits per heavy atom. The lowest BCUT2D eigenvalue weighted by molar-refractivity contribution is -0.139. The molecule has 116 valence electrons. The van der Waals surface area contributed by atoms with Gasteiger partial charge in [0.15, 0.2) is 0 Å². The number of nitrogens with two attached hydrogens (primary N) is 1. The van der Waals surface area contributed by atoms with Crippen LogP contribution < -0.4 is 11.1 Å². The molecule has 7 heteroatoms. The number of hydrogen-bond acceptors (Lipinski definition) is 3. The van der Waals surface area contributed by atoms with Gasteiger partial charge in [-0.05, 0) is 19.3 Å². The van der Waals surface area contributed by atoms with Gasteiger partial charge in [-0.1, -0.05) is 20.3 Å². The lowest BCUT2D eigenvalue weighted by Gasteiger charge is -2.26. The number of hydrogen-bond donors (Lipinski definition) is 3. The Morgan fingerprint density at radius 1 is 1.30 bits per heavy atom. The van der Waals surface area contributed by atoms with E-state index in [1.807, 2.05) is 20.8 Å². The summed E-state index contributed by atoms with van der Waals surface area (Å²) in [6.45, 7) is 6.96. The highest BCUT2D eigenvalue weighted by molar-refractivity contribution is 5.83. The molecular weight excluding hydrogens is 262 g/mol. The zero-order chi connectivity index (χ0) is 15.7. The van der Waals surface area contributed by atoms with Crippen LogP contribution >= 0.6 is 0 Å². The molecule has 0 spiro atoms. The van der Waals surface area contributed by atoms with Crippen molar-refractivity contribution in [1.82, 2.24) is 10.2 Å². The standard InChI is InChI=1S/C13H25N3O4/c1-4-9(3)8-16(5-2)13(20)15-10(12(18)19)6-7-11(14)17/h9-10H,4-8H2,1-3H3,(H2,14,17)(H,15,20)(H,18,19). The van der Waals surface area contributed by atoms with E-state index in [1.54, 1.807) is 4.90 Å². The van der Waals surface area contributed by atoms with Crippen molar-refractivity contribution >= 4 is 17.9 Å². The molecule has 0 aliphatic carbocycles. The molecule has 0 aliphatic heterocycles. The topological polar surface area (TPSA) is 113 Å². The Hall–Kier alpha value is -1.79. The molecule has 4 N–H and O–H groups in total. The summed E-state index contributed by atoms with van der Waals surface area (Å²) >= 11 is 0. The van der Waals surface area contributed by atoms with Crippen LogP contribution in [0.3, 0.4) is 0 Å². The number of nitrogens with one attached hydrogen (secondary N) is 1. The summed E-state index contributed by atoms with van der Waals surface area (Å²) in [5.74, 6) is -1.41. The minimum absolute atomic E-state index is 0.00269. The maximum atomic E-state index is 12.0. The molecule has 0 saturated heterocycles. The number of primary amides is 1. The van der Waals surface area contributed by atoms with Crippen molar-refractivity contribution < 1.29 is 19.5 Å². The summed E-state index contributed by atoms with van der Waals surface area (Å²) in [7, 11) is 0. The molecule has 0 radical (unpaired) electrons. The number of carbonyl (C=O) groups is 3. The molecule has 2 atom stereocenters. The van der Waals surface area contributed by atoms with E-state index in [0.29, 0.717) is 19.0 Å². The van der Waals surface area contributed by atoms with Crippen LogP contribution in [0, 0.1) is 5.92 Å². The average Bonchev–Trinajstić information content (AvgIpc) is 2.39. The van der Waals surface area contributed by atoms with Crippen molar-refractivity contribution in [2.45, 2.75) is 46.1 Å². The van der Waals surface area contributed by atoms with E-state index in [0.717, 1.165) is 6.42 Å². The predicted octanol–water partition coefficient (Wildman–Crippen LogP) is 0.783. The normalized spacial score (nSPS) is 13.3. The Kier molecular flexibility index (Phi) is 8.35. The van der Waals surface area contributed by atoms with Gasteiger partial charge in [0.05, 0.1) is 0 Å². The van der Waals surface area contributed by atoms with Crippen LogP contribution in [-0.2, 0) is 9.59 Å². The molecular formula is C13H25N3O4. The molecule has 0 aromatic rings. The van der Waals surface area contributed by atoms with E-state index in [9.17, 15) is 14.4 Å². The number of amides is 3. The fourth-order valence-corrected chi connectivity index (χ4v) is 1.65. The summed E-state index contributed by atoms with van der Waals surface area (Å²) in [6.07, 6.45) is 0.861. The molecule has 0 aliphatic rings. The lowest BCUT2D eigenvalue weighted by Crippen LogP contribution is -2.49. The molecule has 0 fully saturated rings. The molecule has 7 nitrogen and oxygen atoms in total. The largest absolute Gasteiger partial charge is 0.480 e. The van der Waals surface area contributed by atoms with Crippen LogP contribution in [0.25, 0.3) is 0 Å². The first kappa shape index (κ1) is 18.2. The van der Waals surface area contributed by atoms with Crippen molar-refractivity contribution in [3.05, 3.63) is 0 Å². The van der Waals surface area contributed by atoms with Gasteiger partial charge >= 0.3 is 12.0 Å². The zero-order valence-corrected chi connectivity index (χ0v) is 12.4.